The second-order valence-corrected chi connectivity index (χ2v) is 5.32. The molecule has 2 aromatic carbocycles. The molecule has 2 N–H and O–H groups in total. The molecule has 2 rings (SSSR count). The highest BCUT2D eigenvalue weighted by atomic mass is 79.9. The van der Waals surface area contributed by atoms with Crippen molar-refractivity contribution in [3.63, 3.8) is 0 Å². The fraction of sp³-hybridized carbons (Fsp3) is 0.0625. The number of anilines is 1. The molecule has 0 heterocycles. The van der Waals surface area contributed by atoms with Crippen molar-refractivity contribution in [3.05, 3.63) is 70.1 Å². The number of nitrogens with one attached hydrogen (secondary N) is 2. The topological polar surface area (TPSA) is 41.1 Å². The minimum Gasteiger partial charge on any atom is -0.314 e. The predicted octanol–water partition coefficient (Wildman–Crippen LogP) is 4.69. The lowest BCUT2D eigenvalue weighted by Crippen LogP contribution is -2.23. The zero-order valence-corrected chi connectivity index (χ0v) is 12.9. The molecule has 0 saturated carbocycles. The molecule has 108 valence electrons. The van der Waals surface area contributed by atoms with E-state index in [1.165, 1.54) is 18.3 Å². The minimum absolute atomic E-state index is 0.290. The molecule has 0 atom stereocenters. The molecule has 0 aliphatic heterocycles. The molecule has 5 heteroatoms. The molecule has 21 heavy (non-hydrogen) atoms. The molecule has 0 aromatic heterocycles. The van der Waals surface area contributed by atoms with Gasteiger partial charge in [0.15, 0.2) is 0 Å². The molecule has 0 radical (unpaired) electrons. The van der Waals surface area contributed by atoms with Crippen LogP contribution in [-0.2, 0) is 0 Å². The number of amides is 2. The van der Waals surface area contributed by atoms with Gasteiger partial charge >= 0.3 is 6.03 Å². The Morgan fingerprint density at radius 3 is 2.57 bits per heavy atom. The number of carbonyl (C=O) groups excluding carboxylic acids is 1. The van der Waals surface area contributed by atoms with Crippen LogP contribution in [0.2, 0.25) is 0 Å². The summed E-state index contributed by atoms with van der Waals surface area (Å²) in [5.74, 6) is -0.290. The highest BCUT2D eigenvalue weighted by Crippen LogP contribution is 2.23. The van der Waals surface area contributed by atoms with E-state index >= 15 is 0 Å². The van der Waals surface area contributed by atoms with Crippen LogP contribution in [0.15, 0.2) is 53.1 Å². The molecule has 3 nitrogen and oxygen atoms in total. The standard InChI is InChI=1S/C16H14BrFN2O/c1-11-2-7-15(14(17)10-11)20-16(21)19-9-8-12-3-5-13(18)6-4-12/h2-10H,1H3,(H2,19,20,21)/b9-8+. The van der Waals surface area contributed by atoms with Crippen LogP contribution in [-0.4, -0.2) is 6.03 Å². The molecule has 0 spiro atoms. The highest BCUT2D eigenvalue weighted by Gasteiger charge is 2.03. The fourth-order valence-electron chi connectivity index (χ4n) is 1.67. The van der Waals surface area contributed by atoms with Gasteiger partial charge in [0.2, 0.25) is 0 Å². The van der Waals surface area contributed by atoms with E-state index in [2.05, 4.69) is 26.6 Å². The van der Waals surface area contributed by atoms with Crippen molar-refractivity contribution in [2.24, 2.45) is 0 Å². The van der Waals surface area contributed by atoms with Crippen LogP contribution in [0.4, 0.5) is 14.9 Å². The van der Waals surface area contributed by atoms with Gasteiger partial charge in [0.05, 0.1) is 5.69 Å². The van der Waals surface area contributed by atoms with Gasteiger partial charge in [-0.2, -0.15) is 0 Å². The normalized spacial score (nSPS) is 10.6. The van der Waals surface area contributed by atoms with Crippen LogP contribution >= 0.6 is 15.9 Å². The Bertz CT molecular complexity index is 668. The number of rotatable bonds is 3. The Balaban J connectivity index is 1.91. The van der Waals surface area contributed by atoms with Crippen molar-refractivity contribution in [3.8, 4) is 0 Å². The van der Waals surface area contributed by atoms with Crippen molar-refractivity contribution in [2.45, 2.75) is 6.92 Å². The summed E-state index contributed by atoms with van der Waals surface area (Å²) >= 11 is 3.39. The summed E-state index contributed by atoms with van der Waals surface area (Å²) in [6.07, 6.45) is 3.19. The monoisotopic (exact) mass is 348 g/mol. The summed E-state index contributed by atoms with van der Waals surface area (Å²) in [6.45, 7) is 1.97. The summed E-state index contributed by atoms with van der Waals surface area (Å²) in [4.78, 5) is 11.7. The Hall–Kier alpha value is -2.14. The highest BCUT2D eigenvalue weighted by molar-refractivity contribution is 9.10. The summed E-state index contributed by atoms with van der Waals surface area (Å²) in [7, 11) is 0. The molecule has 0 unspecified atom stereocenters. The number of halogens is 2. The lowest BCUT2D eigenvalue weighted by molar-refractivity contribution is 0.255. The van der Waals surface area contributed by atoms with Gasteiger partial charge in [-0.3, -0.25) is 0 Å². The number of benzene rings is 2. The summed E-state index contributed by atoms with van der Waals surface area (Å²) in [5.41, 5.74) is 2.59. The Kier molecular flexibility index (Phi) is 5.11. The summed E-state index contributed by atoms with van der Waals surface area (Å²) in [6, 6.07) is 11.3. The second kappa shape index (κ2) is 7.04. The Labute approximate surface area is 131 Å². The number of urea groups is 1. The van der Waals surface area contributed by atoms with Gasteiger partial charge in [0.1, 0.15) is 5.82 Å². The van der Waals surface area contributed by atoms with Gasteiger partial charge < -0.3 is 10.6 Å². The van der Waals surface area contributed by atoms with E-state index in [1.807, 2.05) is 25.1 Å². The Morgan fingerprint density at radius 1 is 1.19 bits per heavy atom. The average Bonchev–Trinajstić information content (AvgIpc) is 2.44. The Morgan fingerprint density at radius 2 is 1.90 bits per heavy atom. The van der Waals surface area contributed by atoms with Crippen molar-refractivity contribution in [1.29, 1.82) is 0 Å². The van der Waals surface area contributed by atoms with E-state index in [-0.39, 0.29) is 11.8 Å². The van der Waals surface area contributed by atoms with Crippen LogP contribution in [0.3, 0.4) is 0 Å². The summed E-state index contributed by atoms with van der Waals surface area (Å²) < 4.78 is 13.6. The number of hydrogen-bond donors (Lipinski definition) is 2. The average molecular weight is 349 g/mol. The van der Waals surface area contributed by atoms with Crippen LogP contribution in [0.5, 0.6) is 0 Å². The van der Waals surface area contributed by atoms with E-state index < -0.39 is 0 Å². The van der Waals surface area contributed by atoms with Crippen molar-refractivity contribution in [2.75, 3.05) is 5.32 Å². The third kappa shape index (κ3) is 4.72. The van der Waals surface area contributed by atoms with E-state index in [4.69, 9.17) is 0 Å². The first kappa shape index (κ1) is 15.3. The third-order valence-electron chi connectivity index (χ3n) is 2.73. The van der Waals surface area contributed by atoms with Gasteiger partial charge in [-0.1, -0.05) is 18.2 Å². The van der Waals surface area contributed by atoms with E-state index in [9.17, 15) is 9.18 Å². The second-order valence-electron chi connectivity index (χ2n) is 4.47. The number of hydrogen-bond acceptors (Lipinski definition) is 1. The van der Waals surface area contributed by atoms with Gasteiger partial charge in [0.25, 0.3) is 0 Å². The zero-order chi connectivity index (χ0) is 15.2. The van der Waals surface area contributed by atoms with Crippen LogP contribution in [0, 0.1) is 12.7 Å². The lowest BCUT2D eigenvalue weighted by Gasteiger charge is -2.07. The maximum Gasteiger partial charge on any atom is 0.323 e. The maximum absolute atomic E-state index is 12.7. The first-order chi connectivity index (χ1) is 10.0. The molecule has 0 bridgehead atoms. The van der Waals surface area contributed by atoms with E-state index in [1.54, 1.807) is 18.2 Å². The van der Waals surface area contributed by atoms with Gasteiger partial charge in [-0.05, 0) is 64.3 Å². The van der Waals surface area contributed by atoms with Crippen molar-refractivity contribution >= 4 is 33.7 Å². The predicted molar refractivity (Wildman–Crippen MR) is 86.5 cm³/mol. The zero-order valence-electron chi connectivity index (χ0n) is 11.4. The summed E-state index contributed by atoms with van der Waals surface area (Å²) in [5, 5.41) is 5.32. The molecular weight excluding hydrogens is 335 g/mol. The fourth-order valence-corrected chi connectivity index (χ4v) is 2.26. The number of aryl methyl sites for hydroxylation is 1. The minimum atomic E-state index is -0.349. The largest absolute Gasteiger partial charge is 0.323 e. The van der Waals surface area contributed by atoms with E-state index in [0.717, 1.165) is 15.6 Å². The van der Waals surface area contributed by atoms with Crippen molar-refractivity contribution < 1.29 is 9.18 Å². The van der Waals surface area contributed by atoms with Crippen LogP contribution < -0.4 is 10.6 Å². The number of carbonyl (C=O) groups is 1. The molecular formula is C16H14BrFN2O. The molecule has 2 aromatic rings. The van der Waals surface area contributed by atoms with Crippen LogP contribution in [0.1, 0.15) is 11.1 Å². The first-order valence-electron chi connectivity index (χ1n) is 6.30. The molecule has 0 aliphatic carbocycles. The molecule has 0 aliphatic rings. The van der Waals surface area contributed by atoms with Crippen LogP contribution in [0.25, 0.3) is 6.08 Å². The SMILES string of the molecule is Cc1ccc(NC(=O)N/C=C/c2ccc(F)cc2)c(Br)c1. The van der Waals surface area contributed by atoms with Crippen molar-refractivity contribution in [1.82, 2.24) is 5.32 Å². The first-order valence-corrected chi connectivity index (χ1v) is 7.10. The van der Waals surface area contributed by atoms with Gasteiger partial charge in [-0.15, -0.1) is 0 Å². The smallest absolute Gasteiger partial charge is 0.314 e. The maximum atomic E-state index is 12.7. The molecule has 2 amide bonds. The van der Waals surface area contributed by atoms with Gasteiger partial charge in [-0.25, -0.2) is 9.18 Å². The lowest BCUT2D eigenvalue weighted by atomic mass is 10.2. The van der Waals surface area contributed by atoms with E-state index in [0.29, 0.717) is 5.69 Å². The third-order valence-corrected chi connectivity index (χ3v) is 3.39. The van der Waals surface area contributed by atoms with Gasteiger partial charge in [0, 0.05) is 10.7 Å². The quantitative estimate of drug-likeness (QED) is 0.829. The molecule has 0 saturated heterocycles. The molecule has 0 fully saturated rings.